The number of benzene rings is 1. The van der Waals surface area contributed by atoms with Crippen molar-refractivity contribution in [1.29, 1.82) is 0 Å². The molecule has 22 heavy (non-hydrogen) atoms. The van der Waals surface area contributed by atoms with E-state index in [-0.39, 0.29) is 22.5 Å². The number of nitro benzene ring substituents is 1. The van der Waals surface area contributed by atoms with Crippen LogP contribution in [0, 0.1) is 23.0 Å². The smallest absolute Gasteiger partial charge is 0.309 e. The second-order valence-corrected chi connectivity index (χ2v) is 5.62. The van der Waals surface area contributed by atoms with Crippen LogP contribution in [-0.4, -0.2) is 35.5 Å². The molecule has 0 spiro atoms. The van der Waals surface area contributed by atoms with Crippen LogP contribution < -0.4 is 0 Å². The first-order valence-corrected chi connectivity index (χ1v) is 7.64. The van der Waals surface area contributed by atoms with Crippen LogP contribution in [0.2, 0.25) is 0 Å². The van der Waals surface area contributed by atoms with Crippen molar-refractivity contribution < 1.29 is 14.5 Å². The van der Waals surface area contributed by atoms with Gasteiger partial charge in [0.05, 0.1) is 17.4 Å². The number of esters is 1. The summed E-state index contributed by atoms with van der Waals surface area (Å²) >= 11 is 0. The molecule has 1 aromatic rings. The zero-order valence-corrected chi connectivity index (χ0v) is 13.1. The summed E-state index contributed by atoms with van der Waals surface area (Å²) in [5.41, 5.74) is 1.86. The molecule has 1 aromatic carbocycles. The van der Waals surface area contributed by atoms with Gasteiger partial charge in [-0.3, -0.25) is 19.8 Å². The van der Waals surface area contributed by atoms with Crippen LogP contribution in [0.4, 0.5) is 5.69 Å². The highest BCUT2D eigenvalue weighted by atomic mass is 16.6. The number of carbonyl (C=O) groups is 1. The van der Waals surface area contributed by atoms with Gasteiger partial charge in [-0.2, -0.15) is 0 Å². The van der Waals surface area contributed by atoms with Crippen molar-refractivity contribution in [2.45, 2.75) is 33.2 Å². The van der Waals surface area contributed by atoms with E-state index in [4.69, 9.17) is 4.74 Å². The van der Waals surface area contributed by atoms with Crippen molar-refractivity contribution in [2.24, 2.45) is 5.92 Å². The van der Waals surface area contributed by atoms with Gasteiger partial charge >= 0.3 is 5.97 Å². The molecular formula is C16H22N2O4. The van der Waals surface area contributed by atoms with Crippen LogP contribution in [-0.2, 0) is 16.1 Å². The van der Waals surface area contributed by atoms with Crippen molar-refractivity contribution in [3.63, 3.8) is 0 Å². The first kappa shape index (κ1) is 16.4. The van der Waals surface area contributed by atoms with Gasteiger partial charge in [0.1, 0.15) is 0 Å². The molecule has 120 valence electrons. The van der Waals surface area contributed by atoms with E-state index in [0.717, 1.165) is 37.1 Å². The van der Waals surface area contributed by atoms with Gasteiger partial charge in [-0.05, 0) is 45.3 Å². The minimum absolute atomic E-state index is 0.0117. The van der Waals surface area contributed by atoms with Crippen molar-refractivity contribution in [3.8, 4) is 0 Å². The van der Waals surface area contributed by atoms with Gasteiger partial charge in [-0.15, -0.1) is 0 Å². The van der Waals surface area contributed by atoms with Crippen molar-refractivity contribution in [2.75, 3.05) is 19.7 Å². The van der Waals surface area contributed by atoms with Crippen LogP contribution in [0.25, 0.3) is 0 Å². The fourth-order valence-electron chi connectivity index (χ4n) is 2.87. The van der Waals surface area contributed by atoms with Crippen LogP contribution in [0.5, 0.6) is 0 Å². The highest BCUT2D eigenvalue weighted by Crippen LogP contribution is 2.25. The molecule has 0 aliphatic carbocycles. The van der Waals surface area contributed by atoms with E-state index < -0.39 is 0 Å². The third kappa shape index (κ3) is 3.82. The second kappa shape index (κ2) is 7.35. The molecule has 0 aromatic heterocycles. The number of rotatable bonds is 5. The molecule has 1 fully saturated rings. The lowest BCUT2D eigenvalue weighted by atomic mass is 9.96. The number of ether oxygens (including phenoxy) is 1. The van der Waals surface area contributed by atoms with Crippen LogP contribution in [0.3, 0.4) is 0 Å². The fourth-order valence-corrected chi connectivity index (χ4v) is 2.87. The van der Waals surface area contributed by atoms with Gasteiger partial charge in [-0.25, -0.2) is 0 Å². The van der Waals surface area contributed by atoms with Crippen LogP contribution in [0.15, 0.2) is 18.2 Å². The number of piperidine rings is 1. The van der Waals surface area contributed by atoms with Crippen LogP contribution >= 0.6 is 0 Å². The molecule has 0 amide bonds. The Morgan fingerprint density at radius 3 is 2.68 bits per heavy atom. The van der Waals surface area contributed by atoms with Gasteiger partial charge in [-0.1, -0.05) is 12.1 Å². The number of hydrogen-bond donors (Lipinski definition) is 0. The zero-order valence-electron chi connectivity index (χ0n) is 13.1. The van der Waals surface area contributed by atoms with Crippen molar-refractivity contribution >= 4 is 11.7 Å². The van der Waals surface area contributed by atoms with Crippen molar-refractivity contribution in [1.82, 2.24) is 4.90 Å². The molecule has 6 heteroatoms. The highest BCUT2D eigenvalue weighted by molar-refractivity contribution is 5.72. The third-order valence-corrected chi connectivity index (χ3v) is 4.22. The van der Waals surface area contributed by atoms with Crippen LogP contribution in [0.1, 0.15) is 30.9 Å². The van der Waals surface area contributed by atoms with E-state index in [9.17, 15) is 14.9 Å². The average Bonchev–Trinajstić information content (AvgIpc) is 2.50. The maximum absolute atomic E-state index is 11.7. The molecule has 0 atom stereocenters. The van der Waals surface area contributed by atoms with E-state index in [2.05, 4.69) is 4.90 Å². The summed E-state index contributed by atoms with van der Waals surface area (Å²) in [6.45, 7) is 6.34. The maximum atomic E-state index is 11.7. The first-order valence-electron chi connectivity index (χ1n) is 7.64. The number of likely N-dealkylation sites (tertiary alicyclic amines) is 1. The monoisotopic (exact) mass is 306 g/mol. The molecule has 6 nitrogen and oxygen atoms in total. The number of carbonyl (C=O) groups excluding carboxylic acids is 1. The first-order chi connectivity index (χ1) is 10.5. The molecular weight excluding hydrogens is 284 g/mol. The normalized spacial score (nSPS) is 16.5. The molecule has 0 unspecified atom stereocenters. The number of nitrogens with zero attached hydrogens (tertiary/aromatic N) is 2. The summed E-state index contributed by atoms with van der Waals surface area (Å²) in [7, 11) is 0. The Morgan fingerprint density at radius 1 is 1.41 bits per heavy atom. The Bertz CT molecular complexity index is 551. The Hall–Kier alpha value is -1.95. The Balaban J connectivity index is 1.95. The minimum Gasteiger partial charge on any atom is -0.466 e. The van der Waals surface area contributed by atoms with E-state index in [1.165, 1.54) is 6.07 Å². The lowest BCUT2D eigenvalue weighted by Crippen LogP contribution is -2.36. The lowest BCUT2D eigenvalue weighted by molar-refractivity contribution is -0.385. The molecule has 0 bridgehead atoms. The molecule has 1 heterocycles. The van der Waals surface area contributed by atoms with E-state index in [1.807, 2.05) is 13.0 Å². The standard InChI is InChI=1S/C16H22N2O4/c1-3-22-16(19)13-7-9-17(10-8-13)11-14-5-4-6-15(12(14)2)18(20)21/h4-6,13H,3,7-11H2,1-2H3. The molecule has 0 N–H and O–H groups in total. The quantitative estimate of drug-likeness (QED) is 0.475. The summed E-state index contributed by atoms with van der Waals surface area (Å²) in [5.74, 6) is -0.115. The predicted molar refractivity (Wildman–Crippen MR) is 82.5 cm³/mol. The zero-order chi connectivity index (χ0) is 16.1. The Kier molecular flexibility index (Phi) is 5.49. The molecule has 0 radical (unpaired) electrons. The molecule has 0 saturated carbocycles. The van der Waals surface area contributed by atoms with Gasteiger partial charge < -0.3 is 4.74 Å². The third-order valence-electron chi connectivity index (χ3n) is 4.22. The SMILES string of the molecule is CCOC(=O)C1CCN(Cc2cccc([N+](=O)[O-])c2C)CC1. The van der Waals surface area contributed by atoms with Gasteiger partial charge in [0, 0.05) is 18.2 Å². The second-order valence-electron chi connectivity index (χ2n) is 5.62. The van der Waals surface area contributed by atoms with Crippen molar-refractivity contribution in [3.05, 3.63) is 39.4 Å². The Morgan fingerprint density at radius 2 is 2.09 bits per heavy atom. The lowest BCUT2D eigenvalue weighted by Gasteiger charge is -2.31. The Labute approximate surface area is 130 Å². The molecule has 1 saturated heterocycles. The number of hydrogen-bond acceptors (Lipinski definition) is 5. The van der Waals surface area contributed by atoms with Gasteiger partial charge in [0.25, 0.3) is 5.69 Å². The topological polar surface area (TPSA) is 72.7 Å². The van der Waals surface area contributed by atoms with E-state index >= 15 is 0 Å². The largest absolute Gasteiger partial charge is 0.466 e. The van der Waals surface area contributed by atoms with E-state index in [0.29, 0.717) is 13.2 Å². The number of nitro groups is 1. The van der Waals surface area contributed by atoms with Gasteiger partial charge in [0.2, 0.25) is 0 Å². The summed E-state index contributed by atoms with van der Waals surface area (Å²) in [4.78, 5) is 24.6. The highest BCUT2D eigenvalue weighted by Gasteiger charge is 2.26. The fraction of sp³-hybridized carbons (Fsp3) is 0.562. The molecule has 1 aliphatic rings. The maximum Gasteiger partial charge on any atom is 0.309 e. The summed E-state index contributed by atoms with van der Waals surface area (Å²) < 4.78 is 5.06. The summed E-state index contributed by atoms with van der Waals surface area (Å²) in [6.07, 6.45) is 1.57. The predicted octanol–water partition coefficient (Wildman–Crippen LogP) is 2.68. The van der Waals surface area contributed by atoms with Gasteiger partial charge in [0.15, 0.2) is 0 Å². The molecule has 2 rings (SSSR count). The molecule has 1 aliphatic heterocycles. The summed E-state index contributed by atoms with van der Waals surface area (Å²) in [6, 6.07) is 5.19. The minimum atomic E-state index is -0.341. The van der Waals surface area contributed by atoms with E-state index in [1.54, 1.807) is 13.0 Å². The average molecular weight is 306 g/mol. The summed E-state index contributed by atoms with van der Waals surface area (Å²) in [5, 5.41) is 11.0.